The average Bonchev–Trinajstić information content (AvgIpc) is 2.08. The summed E-state index contributed by atoms with van der Waals surface area (Å²) >= 11 is 3.67. The number of aliphatic carboxylic acids is 1. The highest BCUT2D eigenvalue weighted by Crippen LogP contribution is 1.91. The van der Waals surface area contributed by atoms with Crippen molar-refractivity contribution in [2.24, 2.45) is 0 Å². The summed E-state index contributed by atoms with van der Waals surface area (Å²) in [6, 6.07) is -1.32. The molecule has 0 aromatic rings. The van der Waals surface area contributed by atoms with Gasteiger partial charge in [-0.15, -0.1) is 0 Å². The first-order valence-corrected chi connectivity index (χ1v) is 5.68. The summed E-state index contributed by atoms with van der Waals surface area (Å²) in [4.78, 5) is 21.2. The molecule has 0 spiro atoms. The van der Waals surface area contributed by atoms with Crippen molar-refractivity contribution >= 4 is 34.8 Å². The van der Waals surface area contributed by atoms with Crippen LogP contribution in [0.4, 0.5) is 0 Å². The lowest BCUT2D eigenvalue weighted by Gasteiger charge is -2.12. The first-order valence-electron chi connectivity index (χ1n) is 3.61. The molecule has 15 heavy (non-hydrogen) atoms. The SMILES string of the molecule is O=C(O)CNC(=O)[C@@H](CS)NS(=O)(=O)O. The average molecular weight is 258 g/mol. The number of hydrogen-bond acceptors (Lipinski definition) is 5. The molecule has 0 aliphatic heterocycles. The Balaban J connectivity index is 4.29. The Morgan fingerprint density at radius 1 is 1.40 bits per heavy atom. The molecular formula is C5H10N2O6S2. The molecule has 1 atom stereocenters. The van der Waals surface area contributed by atoms with Crippen molar-refractivity contribution in [2.45, 2.75) is 6.04 Å². The van der Waals surface area contributed by atoms with E-state index < -0.39 is 34.8 Å². The molecule has 0 saturated heterocycles. The Labute approximate surface area is 91.3 Å². The summed E-state index contributed by atoms with van der Waals surface area (Å²) in [5.74, 6) is -2.37. The van der Waals surface area contributed by atoms with Crippen LogP contribution >= 0.6 is 12.6 Å². The Bertz CT molecular complexity index is 339. The van der Waals surface area contributed by atoms with E-state index in [1.54, 1.807) is 4.72 Å². The number of carboxylic acids is 1. The molecule has 0 radical (unpaired) electrons. The number of hydrogen-bond donors (Lipinski definition) is 5. The van der Waals surface area contributed by atoms with Gasteiger partial charge in [0.15, 0.2) is 0 Å². The molecule has 0 aromatic carbocycles. The van der Waals surface area contributed by atoms with Crippen molar-refractivity contribution < 1.29 is 27.7 Å². The van der Waals surface area contributed by atoms with Crippen molar-refractivity contribution in [3.05, 3.63) is 0 Å². The molecule has 0 aliphatic carbocycles. The van der Waals surface area contributed by atoms with Gasteiger partial charge >= 0.3 is 16.3 Å². The first kappa shape index (κ1) is 14.2. The standard InChI is InChI=1S/C5H10N2O6S2/c8-4(9)1-6-5(10)3(2-14)7-15(11,12)13/h3,7,14H,1-2H2,(H,6,10)(H,8,9)(H,11,12,13)/t3-/m1/s1. The smallest absolute Gasteiger partial charge is 0.334 e. The van der Waals surface area contributed by atoms with E-state index in [9.17, 15) is 18.0 Å². The molecule has 0 unspecified atom stereocenters. The van der Waals surface area contributed by atoms with E-state index in [1.807, 2.05) is 5.32 Å². The van der Waals surface area contributed by atoms with Crippen LogP contribution in [0.1, 0.15) is 0 Å². The van der Waals surface area contributed by atoms with Gasteiger partial charge in [0.25, 0.3) is 0 Å². The third kappa shape index (κ3) is 7.13. The van der Waals surface area contributed by atoms with Gasteiger partial charge in [-0.3, -0.25) is 14.1 Å². The molecule has 0 saturated carbocycles. The van der Waals surface area contributed by atoms with Crippen LogP contribution in [0.5, 0.6) is 0 Å². The van der Waals surface area contributed by atoms with Crippen LogP contribution in [0.3, 0.4) is 0 Å². The Hall–Kier alpha value is -0.840. The molecule has 0 fully saturated rings. The minimum atomic E-state index is -4.53. The van der Waals surface area contributed by atoms with Gasteiger partial charge in [-0.2, -0.15) is 25.8 Å². The van der Waals surface area contributed by atoms with E-state index in [0.29, 0.717) is 0 Å². The Morgan fingerprint density at radius 2 is 1.93 bits per heavy atom. The molecule has 8 nitrogen and oxygen atoms in total. The second kappa shape index (κ2) is 5.90. The zero-order valence-electron chi connectivity index (χ0n) is 7.37. The second-order valence-electron chi connectivity index (χ2n) is 2.44. The fourth-order valence-electron chi connectivity index (χ4n) is 0.639. The van der Waals surface area contributed by atoms with E-state index in [2.05, 4.69) is 12.6 Å². The molecule has 0 aromatic heterocycles. The number of carbonyl (C=O) groups is 2. The molecule has 4 N–H and O–H groups in total. The van der Waals surface area contributed by atoms with E-state index in [0.717, 1.165) is 0 Å². The van der Waals surface area contributed by atoms with E-state index in [4.69, 9.17) is 9.66 Å². The van der Waals surface area contributed by atoms with Crippen LogP contribution in [-0.4, -0.2) is 48.3 Å². The summed E-state index contributed by atoms with van der Waals surface area (Å²) in [5.41, 5.74) is 0. The minimum Gasteiger partial charge on any atom is -0.480 e. The topological polar surface area (TPSA) is 133 Å². The number of amides is 1. The second-order valence-corrected chi connectivity index (χ2v) is 3.99. The van der Waals surface area contributed by atoms with E-state index >= 15 is 0 Å². The molecular weight excluding hydrogens is 248 g/mol. The zero-order valence-corrected chi connectivity index (χ0v) is 9.09. The fraction of sp³-hybridized carbons (Fsp3) is 0.600. The van der Waals surface area contributed by atoms with Crippen molar-refractivity contribution in [3.8, 4) is 0 Å². The summed E-state index contributed by atoms with van der Waals surface area (Å²) in [5, 5.41) is 10.2. The summed E-state index contributed by atoms with van der Waals surface area (Å²) < 4.78 is 30.7. The van der Waals surface area contributed by atoms with Gasteiger partial charge in [0.05, 0.1) is 0 Å². The van der Waals surface area contributed by atoms with Crippen LogP contribution in [0, 0.1) is 0 Å². The highest BCUT2D eigenvalue weighted by molar-refractivity contribution is 7.84. The van der Waals surface area contributed by atoms with Crippen molar-refractivity contribution in [1.82, 2.24) is 10.0 Å². The molecule has 0 aliphatic rings. The van der Waals surface area contributed by atoms with Gasteiger partial charge in [0.2, 0.25) is 5.91 Å². The third-order valence-electron chi connectivity index (χ3n) is 1.20. The number of carboxylic acid groups (broad SMARTS) is 1. The van der Waals surface area contributed by atoms with Gasteiger partial charge in [-0.25, -0.2) is 0 Å². The lowest BCUT2D eigenvalue weighted by molar-refractivity contribution is -0.138. The van der Waals surface area contributed by atoms with Crippen LogP contribution in [-0.2, 0) is 19.9 Å². The predicted molar refractivity (Wildman–Crippen MR) is 53.0 cm³/mol. The maximum absolute atomic E-state index is 11.1. The molecule has 1 amide bonds. The highest BCUT2D eigenvalue weighted by Gasteiger charge is 2.21. The molecule has 0 rings (SSSR count). The quantitative estimate of drug-likeness (QED) is 0.273. The van der Waals surface area contributed by atoms with E-state index in [-0.39, 0.29) is 5.75 Å². The van der Waals surface area contributed by atoms with Gasteiger partial charge in [-0.1, -0.05) is 0 Å². The summed E-state index contributed by atoms with van der Waals surface area (Å²) in [6.45, 7) is -0.643. The first-order chi connectivity index (χ1) is 6.76. The third-order valence-corrected chi connectivity index (χ3v) is 2.15. The normalized spacial score (nSPS) is 13.2. The Kier molecular flexibility index (Phi) is 5.57. The Morgan fingerprint density at radius 3 is 2.27 bits per heavy atom. The van der Waals surface area contributed by atoms with Gasteiger partial charge in [-0.05, 0) is 0 Å². The van der Waals surface area contributed by atoms with Crippen molar-refractivity contribution in [1.29, 1.82) is 0 Å². The number of rotatable bonds is 6. The van der Waals surface area contributed by atoms with Crippen LogP contribution < -0.4 is 10.0 Å². The highest BCUT2D eigenvalue weighted by atomic mass is 32.2. The number of thiol groups is 1. The van der Waals surface area contributed by atoms with Crippen molar-refractivity contribution in [2.75, 3.05) is 12.3 Å². The van der Waals surface area contributed by atoms with Crippen LogP contribution in [0.25, 0.3) is 0 Å². The van der Waals surface area contributed by atoms with Crippen molar-refractivity contribution in [3.63, 3.8) is 0 Å². The monoisotopic (exact) mass is 258 g/mol. The lowest BCUT2D eigenvalue weighted by Crippen LogP contribution is -2.48. The number of carbonyl (C=O) groups excluding carboxylic acids is 1. The largest absolute Gasteiger partial charge is 0.480 e. The van der Waals surface area contributed by atoms with Crippen LogP contribution in [0.15, 0.2) is 0 Å². The maximum Gasteiger partial charge on any atom is 0.334 e. The van der Waals surface area contributed by atoms with Gasteiger partial charge in [0, 0.05) is 5.75 Å². The molecule has 0 heterocycles. The zero-order chi connectivity index (χ0) is 12.1. The maximum atomic E-state index is 11.1. The predicted octanol–water partition coefficient (Wildman–Crippen LogP) is -2.12. The molecule has 88 valence electrons. The fourth-order valence-corrected chi connectivity index (χ4v) is 1.57. The van der Waals surface area contributed by atoms with Gasteiger partial charge in [0.1, 0.15) is 12.6 Å². The van der Waals surface area contributed by atoms with Crippen LogP contribution in [0.2, 0.25) is 0 Å². The van der Waals surface area contributed by atoms with E-state index in [1.165, 1.54) is 0 Å². The summed E-state index contributed by atoms with van der Waals surface area (Å²) in [6.07, 6.45) is 0. The van der Waals surface area contributed by atoms with Gasteiger partial charge < -0.3 is 10.4 Å². The number of nitrogens with one attached hydrogen (secondary N) is 2. The molecule has 10 heteroatoms. The molecule has 0 bridgehead atoms. The lowest BCUT2D eigenvalue weighted by atomic mass is 10.3. The summed E-state index contributed by atoms with van der Waals surface area (Å²) in [7, 11) is -4.53. The minimum absolute atomic E-state index is 0.217.